The van der Waals surface area contributed by atoms with Crippen LogP contribution in [0.4, 0.5) is 0 Å². The number of hydrogen-bond donors (Lipinski definition) is 2. The number of carbonyl (C=O) groups excluding carboxylic acids is 1. The lowest BCUT2D eigenvalue weighted by Gasteiger charge is -2.64. The van der Waals surface area contributed by atoms with Crippen LogP contribution in [0, 0.1) is 34.5 Å². The number of allylic oxidation sites excluding steroid dienone is 1. The second kappa shape index (κ2) is 9.48. The van der Waals surface area contributed by atoms with E-state index in [0.29, 0.717) is 18.4 Å². The highest BCUT2D eigenvalue weighted by atomic mass is 35.5. The summed E-state index contributed by atoms with van der Waals surface area (Å²) in [5, 5.41) is 21.8. The van der Waals surface area contributed by atoms with E-state index in [0.717, 1.165) is 44.2 Å². The molecule has 0 radical (unpaired) electrons. The van der Waals surface area contributed by atoms with Crippen LogP contribution in [0.5, 0.6) is 0 Å². The van der Waals surface area contributed by atoms with Gasteiger partial charge in [0.05, 0.1) is 12.2 Å². The number of carbonyl (C=O) groups is 1. The lowest BCUT2D eigenvalue weighted by atomic mass is 9.42. The summed E-state index contributed by atoms with van der Waals surface area (Å²) in [5.41, 5.74) is 1.09. The standard InChI is InChI=1S/C24H41NO4.ClH/c1-15-16(13-21(28)29-12-11-25(5)6)7-8-17-22(15)18(26)14-19-23(2,3)20(27)9-10-24(17,19)4;/h13,15,17-20,22,26-27H,7-12,14H2,1-6H3;1H/b16-13+;. The van der Waals surface area contributed by atoms with Gasteiger partial charge in [-0.2, -0.15) is 0 Å². The van der Waals surface area contributed by atoms with Gasteiger partial charge >= 0.3 is 5.97 Å². The number of fused-ring (bicyclic) bond motifs is 3. The average molecular weight is 444 g/mol. The van der Waals surface area contributed by atoms with Crippen LogP contribution in [0.3, 0.4) is 0 Å². The van der Waals surface area contributed by atoms with Crippen molar-refractivity contribution in [3.05, 3.63) is 11.6 Å². The van der Waals surface area contributed by atoms with E-state index in [2.05, 4.69) is 27.7 Å². The molecule has 0 spiro atoms. The van der Waals surface area contributed by atoms with Crippen molar-refractivity contribution < 1.29 is 19.7 Å². The van der Waals surface area contributed by atoms with Gasteiger partial charge in [-0.05, 0) is 80.7 Å². The van der Waals surface area contributed by atoms with Crippen molar-refractivity contribution in [1.29, 1.82) is 0 Å². The van der Waals surface area contributed by atoms with E-state index in [1.807, 2.05) is 19.0 Å². The maximum Gasteiger partial charge on any atom is 0.330 e. The van der Waals surface area contributed by atoms with E-state index in [1.54, 1.807) is 6.08 Å². The van der Waals surface area contributed by atoms with Crippen LogP contribution in [0.25, 0.3) is 0 Å². The largest absolute Gasteiger partial charge is 0.461 e. The molecule has 2 N–H and O–H groups in total. The molecule has 0 amide bonds. The van der Waals surface area contributed by atoms with Gasteiger partial charge in [-0.3, -0.25) is 0 Å². The fraction of sp³-hybridized carbons (Fsp3) is 0.875. The van der Waals surface area contributed by atoms with Crippen molar-refractivity contribution in [2.75, 3.05) is 27.2 Å². The van der Waals surface area contributed by atoms with Crippen molar-refractivity contribution in [1.82, 2.24) is 4.90 Å². The van der Waals surface area contributed by atoms with E-state index < -0.39 is 0 Å². The minimum atomic E-state index is -0.383. The first kappa shape index (κ1) is 25.6. The van der Waals surface area contributed by atoms with Crippen LogP contribution in [-0.4, -0.2) is 60.5 Å². The Morgan fingerprint density at radius 1 is 1.23 bits per heavy atom. The SMILES string of the molecule is CC1/C(=C/C(=O)OCCN(C)C)CCC2C1C(O)CC1C(C)(C)C(O)CCC21C.Cl. The van der Waals surface area contributed by atoms with Crippen LogP contribution in [0.15, 0.2) is 11.6 Å². The van der Waals surface area contributed by atoms with Gasteiger partial charge in [-0.25, -0.2) is 4.79 Å². The van der Waals surface area contributed by atoms with Crippen molar-refractivity contribution >= 4 is 18.4 Å². The number of rotatable bonds is 4. The quantitative estimate of drug-likeness (QED) is 0.512. The topological polar surface area (TPSA) is 70.0 Å². The summed E-state index contributed by atoms with van der Waals surface area (Å²) in [6.45, 7) is 10.0. The highest BCUT2D eigenvalue weighted by molar-refractivity contribution is 5.85. The van der Waals surface area contributed by atoms with Gasteiger partial charge in [0, 0.05) is 12.6 Å². The molecule has 7 unspecified atom stereocenters. The fourth-order valence-corrected chi connectivity index (χ4v) is 6.93. The molecular weight excluding hydrogens is 402 g/mol. The Hall–Kier alpha value is -0.620. The van der Waals surface area contributed by atoms with Gasteiger partial charge in [0.25, 0.3) is 0 Å². The van der Waals surface area contributed by atoms with Gasteiger partial charge in [0.15, 0.2) is 0 Å². The number of nitrogens with zero attached hydrogens (tertiary/aromatic N) is 1. The zero-order valence-corrected chi connectivity index (χ0v) is 20.4. The van der Waals surface area contributed by atoms with E-state index in [-0.39, 0.29) is 53.3 Å². The Morgan fingerprint density at radius 3 is 2.53 bits per heavy atom. The van der Waals surface area contributed by atoms with E-state index in [9.17, 15) is 15.0 Å². The lowest BCUT2D eigenvalue weighted by molar-refractivity contribution is -0.190. The maximum absolute atomic E-state index is 12.3. The van der Waals surface area contributed by atoms with Crippen LogP contribution in [0.1, 0.15) is 59.8 Å². The first-order valence-corrected chi connectivity index (χ1v) is 11.4. The van der Waals surface area contributed by atoms with Gasteiger partial charge in [-0.1, -0.05) is 33.3 Å². The smallest absolute Gasteiger partial charge is 0.330 e. The van der Waals surface area contributed by atoms with Crippen LogP contribution in [-0.2, 0) is 9.53 Å². The minimum absolute atomic E-state index is 0. The summed E-state index contributed by atoms with van der Waals surface area (Å²) in [7, 11) is 3.92. The maximum atomic E-state index is 12.3. The molecule has 3 fully saturated rings. The predicted octanol–water partition coefficient (Wildman–Crippen LogP) is 3.67. The molecule has 30 heavy (non-hydrogen) atoms. The molecule has 6 heteroatoms. The summed E-state index contributed by atoms with van der Waals surface area (Å²) < 4.78 is 5.36. The highest BCUT2D eigenvalue weighted by Gasteiger charge is 2.60. The Bertz CT molecular complexity index is 649. The third kappa shape index (κ3) is 4.60. The third-order valence-corrected chi connectivity index (χ3v) is 8.73. The van der Waals surface area contributed by atoms with Crippen LogP contribution in [0.2, 0.25) is 0 Å². The summed E-state index contributed by atoms with van der Waals surface area (Å²) in [4.78, 5) is 14.3. The second-order valence-electron chi connectivity index (χ2n) is 10.9. The number of aliphatic hydroxyl groups is 2. The van der Waals surface area contributed by atoms with Gasteiger partial charge in [0.2, 0.25) is 0 Å². The number of halogens is 1. The summed E-state index contributed by atoms with van der Waals surface area (Å²) >= 11 is 0. The van der Waals surface area contributed by atoms with E-state index in [4.69, 9.17) is 4.74 Å². The monoisotopic (exact) mass is 443 g/mol. The number of ether oxygens (including phenoxy) is 1. The zero-order valence-electron chi connectivity index (χ0n) is 19.6. The molecule has 3 aliphatic carbocycles. The predicted molar refractivity (Wildman–Crippen MR) is 121 cm³/mol. The number of aliphatic hydroxyl groups excluding tert-OH is 2. The van der Waals surface area contributed by atoms with Crippen LogP contribution >= 0.6 is 12.4 Å². The summed E-state index contributed by atoms with van der Waals surface area (Å²) in [6.07, 6.45) is 5.51. The number of esters is 1. The zero-order chi connectivity index (χ0) is 21.6. The summed E-state index contributed by atoms with van der Waals surface area (Å²) in [5.74, 6) is 0.849. The van der Waals surface area contributed by atoms with Crippen LogP contribution < -0.4 is 0 Å². The highest BCUT2D eigenvalue weighted by Crippen LogP contribution is 2.64. The summed E-state index contributed by atoms with van der Waals surface area (Å²) in [6, 6.07) is 0. The third-order valence-electron chi connectivity index (χ3n) is 8.73. The van der Waals surface area contributed by atoms with E-state index >= 15 is 0 Å². The molecule has 0 heterocycles. The lowest BCUT2D eigenvalue weighted by Crippen LogP contribution is -2.61. The Labute approximate surface area is 188 Å². The number of hydrogen-bond acceptors (Lipinski definition) is 5. The van der Waals surface area contributed by atoms with Crippen molar-refractivity contribution in [3.8, 4) is 0 Å². The van der Waals surface area contributed by atoms with Gasteiger partial charge < -0.3 is 19.8 Å². The molecule has 174 valence electrons. The first-order valence-electron chi connectivity index (χ1n) is 11.4. The Kier molecular flexibility index (Phi) is 8.10. The van der Waals surface area contributed by atoms with E-state index in [1.165, 1.54) is 0 Å². The minimum Gasteiger partial charge on any atom is -0.461 e. The Balaban J connectivity index is 0.00000320. The molecule has 3 saturated carbocycles. The molecule has 0 aromatic heterocycles. The first-order chi connectivity index (χ1) is 13.5. The van der Waals surface area contributed by atoms with Gasteiger partial charge in [-0.15, -0.1) is 12.4 Å². The fourth-order valence-electron chi connectivity index (χ4n) is 6.93. The number of likely N-dealkylation sites (N-methyl/N-ethyl adjacent to an activating group) is 1. The molecular formula is C24H42ClNO4. The average Bonchev–Trinajstić information content (AvgIpc) is 2.63. The molecule has 5 nitrogen and oxygen atoms in total. The molecule has 3 aliphatic rings. The molecule has 0 bridgehead atoms. The molecule has 0 aromatic carbocycles. The Morgan fingerprint density at radius 2 is 1.90 bits per heavy atom. The molecule has 0 aromatic rings. The van der Waals surface area contributed by atoms with Crippen molar-refractivity contribution in [2.24, 2.45) is 34.5 Å². The molecule has 0 saturated heterocycles. The van der Waals surface area contributed by atoms with Gasteiger partial charge in [0.1, 0.15) is 6.61 Å². The van der Waals surface area contributed by atoms with Crippen molar-refractivity contribution in [2.45, 2.75) is 72.0 Å². The van der Waals surface area contributed by atoms with Crippen molar-refractivity contribution in [3.63, 3.8) is 0 Å². The molecule has 3 rings (SSSR count). The second-order valence-corrected chi connectivity index (χ2v) is 10.9. The molecule has 7 atom stereocenters. The molecule has 0 aliphatic heterocycles. The normalized spacial score (nSPS) is 41.6.